The molecule has 3 aromatic rings. The summed E-state index contributed by atoms with van der Waals surface area (Å²) in [4.78, 5) is 32.7. The van der Waals surface area contributed by atoms with E-state index in [4.69, 9.17) is 0 Å². The van der Waals surface area contributed by atoms with Gasteiger partial charge in [-0.15, -0.1) is 23.1 Å². The number of dihydropyridines is 1. The summed E-state index contributed by atoms with van der Waals surface area (Å²) in [6.45, 7) is 4.01. The monoisotopic (exact) mass is 501 g/mol. The second-order valence-electron chi connectivity index (χ2n) is 8.93. The van der Waals surface area contributed by atoms with Crippen LogP contribution in [0.25, 0.3) is 0 Å². The third-order valence-corrected chi connectivity index (χ3v) is 8.82. The summed E-state index contributed by atoms with van der Waals surface area (Å²) in [7, 11) is 0. The predicted molar refractivity (Wildman–Crippen MR) is 143 cm³/mol. The summed E-state index contributed by atoms with van der Waals surface area (Å²) in [5, 5.41) is 6.46. The Balaban J connectivity index is 1.60. The van der Waals surface area contributed by atoms with Crippen LogP contribution >= 0.6 is 23.1 Å². The molecule has 2 aliphatic rings. The van der Waals surface area contributed by atoms with Crippen molar-refractivity contribution in [3.8, 4) is 0 Å². The molecule has 2 N–H and O–H groups in total. The molecule has 5 nitrogen and oxygen atoms in total. The first-order valence-electron chi connectivity index (χ1n) is 11.6. The minimum atomic E-state index is -0.403. The summed E-state index contributed by atoms with van der Waals surface area (Å²) < 4.78 is 1.14. The zero-order valence-corrected chi connectivity index (χ0v) is 21.6. The van der Waals surface area contributed by atoms with Crippen LogP contribution < -0.4 is 10.6 Å². The SMILES string of the molecule is CSc1sc(C)cc1[C@@H]1C(C(=O)Nc2cccnc2)=C(C)NC2=C1C(=O)C[C@H](c1ccccc1)C2. The van der Waals surface area contributed by atoms with E-state index >= 15 is 0 Å². The first-order chi connectivity index (χ1) is 17.0. The van der Waals surface area contributed by atoms with Gasteiger partial charge in [-0.05, 0) is 61.8 Å². The molecule has 1 aromatic carbocycles. The lowest BCUT2D eigenvalue weighted by Gasteiger charge is -2.37. The molecular weight excluding hydrogens is 474 g/mol. The van der Waals surface area contributed by atoms with Gasteiger partial charge in [0.2, 0.25) is 0 Å². The number of thiophene rings is 1. The highest BCUT2D eigenvalue weighted by atomic mass is 32.2. The van der Waals surface area contributed by atoms with Gasteiger partial charge in [0, 0.05) is 46.0 Å². The number of carbonyl (C=O) groups excluding carboxylic acids is 2. The number of rotatable bonds is 5. The van der Waals surface area contributed by atoms with Gasteiger partial charge >= 0.3 is 0 Å². The maximum absolute atomic E-state index is 13.8. The lowest BCUT2D eigenvalue weighted by Crippen LogP contribution is -2.37. The van der Waals surface area contributed by atoms with Crippen molar-refractivity contribution < 1.29 is 9.59 Å². The van der Waals surface area contributed by atoms with Gasteiger partial charge in [-0.3, -0.25) is 14.6 Å². The van der Waals surface area contributed by atoms with E-state index in [1.165, 1.54) is 10.4 Å². The Bertz CT molecular complexity index is 1340. The van der Waals surface area contributed by atoms with E-state index in [9.17, 15) is 9.59 Å². The molecule has 0 bridgehead atoms. The number of anilines is 1. The fourth-order valence-electron chi connectivity index (χ4n) is 5.12. The van der Waals surface area contributed by atoms with Crippen LogP contribution in [0.4, 0.5) is 5.69 Å². The van der Waals surface area contributed by atoms with Crippen LogP contribution in [-0.2, 0) is 9.59 Å². The van der Waals surface area contributed by atoms with Gasteiger partial charge in [0.15, 0.2) is 5.78 Å². The van der Waals surface area contributed by atoms with Crippen LogP contribution in [0.1, 0.15) is 47.6 Å². The van der Waals surface area contributed by atoms with Crippen LogP contribution in [0.5, 0.6) is 0 Å². The largest absolute Gasteiger partial charge is 0.362 e. The Morgan fingerprint density at radius 3 is 2.66 bits per heavy atom. The second-order valence-corrected chi connectivity index (χ2v) is 11.3. The fraction of sp³-hybridized carbons (Fsp3) is 0.250. The number of carbonyl (C=O) groups is 2. The quantitative estimate of drug-likeness (QED) is 0.409. The molecule has 0 saturated heterocycles. The van der Waals surface area contributed by atoms with E-state index < -0.39 is 5.92 Å². The Morgan fingerprint density at radius 1 is 1.14 bits per heavy atom. The van der Waals surface area contributed by atoms with E-state index in [1.807, 2.05) is 37.4 Å². The average molecular weight is 502 g/mol. The Labute approximate surface area is 213 Å². The van der Waals surface area contributed by atoms with Crippen LogP contribution in [0.15, 0.2) is 87.7 Å². The molecular formula is C28H27N3O2S2. The van der Waals surface area contributed by atoms with E-state index in [2.05, 4.69) is 40.7 Å². The summed E-state index contributed by atoms with van der Waals surface area (Å²) in [6, 6.07) is 16.0. The van der Waals surface area contributed by atoms with Crippen molar-refractivity contribution >= 4 is 40.5 Å². The Kier molecular flexibility index (Phi) is 6.62. The van der Waals surface area contributed by atoms with Crippen LogP contribution in [-0.4, -0.2) is 22.9 Å². The molecule has 3 heterocycles. The number of thioether (sulfide) groups is 1. The number of nitrogens with zero attached hydrogens (tertiary/aromatic N) is 1. The van der Waals surface area contributed by atoms with Crippen molar-refractivity contribution in [2.75, 3.05) is 11.6 Å². The number of Topliss-reactive ketones (excluding diaryl/α,β-unsaturated/α-hetero) is 1. The number of amides is 1. The van der Waals surface area contributed by atoms with Gasteiger partial charge < -0.3 is 10.6 Å². The second kappa shape index (κ2) is 9.84. The van der Waals surface area contributed by atoms with E-state index in [0.717, 1.165) is 33.2 Å². The number of allylic oxidation sites excluding steroid dienone is 3. The number of nitrogens with one attached hydrogen (secondary N) is 2. The third kappa shape index (κ3) is 4.58. The van der Waals surface area contributed by atoms with Crippen molar-refractivity contribution in [3.05, 3.63) is 99.5 Å². The number of aryl methyl sites for hydroxylation is 1. The van der Waals surface area contributed by atoms with Crippen LogP contribution in [0.3, 0.4) is 0 Å². The maximum atomic E-state index is 13.8. The van der Waals surface area contributed by atoms with Gasteiger partial charge in [-0.2, -0.15) is 0 Å². The molecule has 0 fully saturated rings. The van der Waals surface area contributed by atoms with E-state index in [-0.39, 0.29) is 17.6 Å². The molecule has 0 spiro atoms. The molecule has 35 heavy (non-hydrogen) atoms. The highest BCUT2D eigenvalue weighted by Crippen LogP contribution is 2.49. The molecule has 2 atom stereocenters. The summed E-state index contributed by atoms with van der Waals surface area (Å²) in [5.74, 6) is -0.390. The number of aromatic nitrogens is 1. The van der Waals surface area contributed by atoms with Gasteiger partial charge in [0.1, 0.15) is 0 Å². The molecule has 2 aromatic heterocycles. The molecule has 5 rings (SSSR count). The number of ketones is 1. The first kappa shape index (κ1) is 23.6. The molecule has 0 unspecified atom stereocenters. The zero-order valence-electron chi connectivity index (χ0n) is 19.9. The lowest BCUT2D eigenvalue weighted by molar-refractivity contribution is -0.116. The highest BCUT2D eigenvalue weighted by Gasteiger charge is 2.42. The van der Waals surface area contributed by atoms with Crippen molar-refractivity contribution in [1.82, 2.24) is 10.3 Å². The van der Waals surface area contributed by atoms with Gasteiger partial charge in [0.25, 0.3) is 5.91 Å². The minimum absolute atomic E-state index is 0.104. The number of pyridine rings is 1. The topological polar surface area (TPSA) is 71.1 Å². The summed E-state index contributed by atoms with van der Waals surface area (Å²) in [5.41, 5.74) is 5.88. The number of hydrogen-bond donors (Lipinski definition) is 2. The molecule has 1 amide bonds. The summed E-state index contributed by atoms with van der Waals surface area (Å²) in [6.07, 6.45) is 6.53. The number of hydrogen-bond acceptors (Lipinski definition) is 6. The predicted octanol–water partition coefficient (Wildman–Crippen LogP) is 6.17. The highest BCUT2D eigenvalue weighted by molar-refractivity contribution is 8.00. The molecule has 1 aliphatic carbocycles. The zero-order chi connectivity index (χ0) is 24.5. The van der Waals surface area contributed by atoms with Crippen molar-refractivity contribution in [2.45, 2.75) is 42.7 Å². The van der Waals surface area contributed by atoms with Gasteiger partial charge in [-0.1, -0.05) is 30.3 Å². The average Bonchev–Trinajstić information content (AvgIpc) is 3.24. The molecule has 178 valence electrons. The first-order valence-corrected chi connectivity index (χ1v) is 13.6. The van der Waals surface area contributed by atoms with Crippen molar-refractivity contribution in [2.24, 2.45) is 0 Å². The van der Waals surface area contributed by atoms with Crippen LogP contribution in [0, 0.1) is 6.92 Å². The summed E-state index contributed by atoms with van der Waals surface area (Å²) >= 11 is 3.38. The Hall–Kier alpha value is -3.16. The van der Waals surface area contributed by atoms with E-state index in [1.54, 1.807) is 41.6 Å². The number of benzene rings is 1. The third-order valence-electron chi connectivity index (χ3n) is 6.61. The molecule has 1 aliphatic heterocycles. The molecule has 7 heteroatoms. The van der Waals surface area contributed by atoms with Crippen LogP contribution in [0.2, 0.25) is 0 Å². The standard InChI is InChI=1S/C28H27N3O2S2/c1-16-12-21(28(34-3)35-16)25-24(27(33)31-20-10-7-11-29-15-20)17(2)30-22-13-19(14-23(32)26(22)25)18-8-5-4-6-9-18/h4-12,15,19,25,30H,13-14H2,1-3H3,(H,31,33)/t19-,25-/m1/s1. The minimum Gasteiger partial charge on any atom is -0.362 e. The Morgan fingerprint density at radius 2 is 1.94 bits per heavy atom. The smallest absolute Gasteiger partial charge is 0.254 e. The lowest BCUT2D eigenvalue weighted by atomic mass is 9.72. The molecule has 0 radical (unpaired) electrons. The maximum Gasteiger partial charge on any atom is 0.254 e. The normalized spacial score (nSPS) is 19.9. The van der Waals surface area contributed by atoms with E-state index in [0.29, 0.717) is 17.7 Å². The van der Waals surface area contributed by atoms with Gasteiger partial charge in [-0.25, -0.2) is 0 Å². The molecule has 0 saturated carbocycles. The van der Waals surface area contributed by atoms with Crippen molar-refractivity contribution in [3.63, 3.8) is 0 Å². The van der Waals surface area contributed by atoms with Crippen molar-refractivity contribution in [1.29, 1.82) is 0 Å². The fourth-order valence-corrected chi connectivity index (χ4v) is 7.03. The van der Waals surface area contributed by atoms with Gasteiger partial charge in [0.05, 0.1) is 16.1 Å².